The Bertz CT molecular complexity index is 582. The van der Waals surface area contributed by atoms with E-state index >= 15 is 0 Å². The Morgan fingerprint density at radius 1 is 1.53 bits per heavy atom. The highest BCUT2D eigenvalue weighted by molar-refractivity contribution is 7.98. The summed E-state index contributed by atoms with van der Waals surface area (Å²) in [4.78, 5) is 15.1. The molecule has 0 saturated carbocycles. The summed E-state index contributed by atoms with van der Waals surface area (Å²) >= 11 is 1.65. The third-order valence-corrected chi connectivity index (χ3v) is 3.81. The lowest BCUT2D eigenvalue weighted by molar-refractivity contribution is -0.138. The Morgan fingerprint density at radius 2 is 2.32 bits per heavy atom. The molecule has 0 aliphatic carbocycles. The molecule has 6 heteroatoms. The van der Waals surface area contributed by atoms with Gasteiger partial charge in [0, 0.05) is 18.1 Å². The lowest BCUT2D eigenvalue weighted by atomic mass is 10.2. The van der Waals surface area contributed by atoms with Crippen LogP contribution in [0.1, 0.15) is 17.7 Å². The van der Waals surface area contributed by atoms with Gasteiger partial charge < -0.3 is 15.2 Å². The number of carboxylic acids is 1. The van der Waals surface area contributed by atoms with Gasteiger partial charge in [-0.05, 0) is 30.7 Å². The van der Waals surface area contributed by atoms with Crippen LogP contribution in [0.3, 0.4) is 0 Å². The van der Waals surface area contributed by atoms with E-state index in [9.17, 15) is 4.79 Å². The van der Waals surface area contributed by atoms with Gasteiger partial charge in [0.1, 0.15) is 11.7 Å². The number of nitrogens with two attached hydrogens (primary N) is 1. The second-order valence-electron chi connectivity index (χ2n) is 4.49. The van der Waals surface area contributed by atoms with Crippen molar-refractivity contribution in [3.05, 3.63) is 35.8 Å². The maximum Gasteiger partial charge on any atom is 0.320 e. The van der Waals surface area contributed by atoms with Gasteiger partial charge in [-0.1, -0.05) is 6.07 Å². The number of aliphatic carboxylic acids is 1. The summed E-state index contributed by atoms with van der Waals surface area (Å²) in [6.45, 7) is 2.04. The van der Waals surface area contributed by atoms with E-state index in [1.165, 1.54) is 5.56 Å². The van der Waals surface area contributed by atoms with Crippen LogP contribution in [0.15, 0.2) is 24.5 Å². The molecule has 19 heavy (non-hydrogen) atoms. The van der Waals surface area contributed by atoms with Crippen molar-refractivity contribution in [3.63, 3.8) is 0 Å². The van der Waals surface area contributed by atoms with Crippen LogP contribution >= 0.6 is 11.8 Å². The van der Waals surface area contributed by atoms with Crippen LogP contribution < -0.4 is 5.73 Å². The third kappa shape index (κ3) is 3.71. The Labute approximate surface area is 115 Å². The van der Waals surface area contributed by atoms with E-state index in [-0.39, 0.29) is 0 Å². The number of fused-ring (bicyclic) bond motifs is 1. The number of nitrogens with zero attached hydrogens (tertiary/aromatic N) is 2. The van der Waals surface area contributed by atoms with Crippen LogP contribution in [-0.4, -0.2) is 32.3 Å². The Kier molecular flexibility index (Phi) is 4.44. The molecule has 2 rings (SSSR count). The average Bonchev–Trinajstić information content (AvgIpc) is 2.75. The smallest absolute Gasteiger partial charge is 0.320 e. The highest BCUT2D eigenvalue weighted by atomic mass is 32.2. The van der Waals surface area contributed by atoms with Crippen molar-refractivity contribution < 1.29 is 9.90 Å². The van der Waals surface area contributed by atoms with Crippen LogP contribution in [0, 0.1) is 6.92 Å². The summed E-state index contributed by atoms with van der Waals surface area (Å²) in [5, 5.41) is 8.67. The predicted octanol–water partition coefficient (Wildman–Crippen LogP) is 1.68. The fourth-order valence-corrected chi connectivity index (χ4v) is 2.65. The molecule has 0 bridgehead atoms. The molecular weight excluding hydrogens is 262 g/mol. The van der Waals surface area contributed by atoms with E-state index < -0.39 is 12.0 Å². The second-order valence-corrected chi connectivity index (χ2v) is 5.60. The fourth-order valence-electron chi connectivity index (χ4n) is 1.74. The molecule has 2 aromatic heterocycles. The molecule has 5 nitrogen and oxygen atoms in total. The van der Waals surface area contributed by atoms with Crippen molar-refractivity contribution in [3.8, 4) is 0 Å². The first-order valence-corrected chi connectivity index (χ1v) is 7.22. The predicted molar refractivity (Wildman–Crippen MR) is 76.3 cm³/mol. The zero-order valence-electron chi connectivity index (χ0n) is 10.7. The number of aromatic nitrogens is 2. The van der Waals surface area contributed by atoms with Crippen LogP contribution in [0.5, 0.6) is 0 Å². The highest BCUT2D eigenvalue weighted by Crippen LogP contribution is 2.14. The van der Waals surface area contributed by atoms with Crippen molar-refractivity contribution in [2.45, 2.75) is 25.1 Å². The van der Waals surface area contributed by atoms with Gasteiger partial charge in [0.2, 0.25) is 0 Å². The zero-order chi connectivity index (χ0) is 13.8. The summed E-state index contributed by atoms with van der Waals surface area (Å²) in [7, 11) is 0. The van der Waals surface area contributed by atoms with Gasteiger partial charge in [0.15, 0.2) is 0 Å². The number of imidazole rings is 1. The van der Waals surface area contributed by atoms with E-state index in [4.69, 9.17) is 10.8 Å². The molecule has 0 saturated heterocycles. The van der Waals surface area contributed by atoms with Gasteiger partial charge in [-0.3, -0.25) is 4.79 Å². The summed E-state index contributed by atoms with van der Waals surface area (Å²) < 4.78 is 2.01. The van der Waals surface area contributed by atoms with Crippen molar-refractivity contribution >= 4 is 23.4 Å². The van der Waals surface area contributed by atoms with E-state index in [0.29, 0.717) is 6.42 Å². The van der Waals surface area contributed by atoms with E-state index in [1.54, 1.807) is 11.8 Å². The second kappa shape index (κ2) is 6.08. The molecule has 2 heterocycles. The van der Waals surface area contributed by atoms with Crippen molar-refractivity contribution in [2.75, 3.05) is 5.75 Å². The van der Waals surface area contributed by atoms with Gasteiger partial charge in [-0.25, -0.2) is 4.98 Å². The van der Waals surface area contributed by atoms with Crippen molar-refractivity contribution in [1.29, 1.82) is 0 Å². The molecule has 3 N–H and O–H groups in total. The molecule has 0 aliphatic rings. The Balaban J connectivity index is 1.86. The van der Waals surface area contributed by atoms with Gasteiger partial charge >= 0.3 is 5.97 Å². The van der Waals surface area contributed by atoms with Crippen molar-refractivity contribution in [1.82, 2.24) is 9.38 Å². The minimum atomic E-state index is -0.941. The van der Waals surface area contributed by atoms with Gasteiger partial charge in [0.05, 0.1) is 5.69 Å². The van der Waals surface area contributed by atoms with Gasteiger partial charge in [-0.15, -0.1) is 0 Å². The summed E-state index contributed by atoms with van der Waals surface area (Å²) in [5.41, 5.74) is 8.57. The highest BCUT2D eigenvalue weighted by Gasteiger charge is 2.10. The molecule has 0 amide bonds. The van der Waals surface area contributed by atoms with Gasteiger partial charge in [-0.2, -0.15) is 11.8 Å². The Morgan fingerprint density at radius 3 is 3.05 bits per heavy atom. The van der Waals surface area contributed by atoms with E-state index in [0.717, 1.165) is 22.8 Å². The number of carboxylic acid groups (broad SMARTS) is 1. The summed E-state index contributed by atoms with van der Waals surface area (Å²) in [6.07, 6.45) is 4.52. The molecule has 0 aromatic carbocycles. The number of hydrogen-bond acceptors (Lipinski definition) is 4. The SMILES string of the molecule is Cc1ccc2nc(CSCCC(N)C(=O)O)cn2c1. The first-order valence-electron chi connectivity index (χ1n) is 6.06. The standard InChI is InChI=1S/C13H17N3O2S/c1-9-2-3-12-15-10(7-16(12)6-9)8-19-5-4-11(14)13(17)18/h2-3,6-7,11H,4-5,8,14H2,1H3,(H,17,18). The Hall–Kier alpha value is -1.53. The van der Waals surface area contributed by atoms with Crippen LogP contribution in [-0.2, 0) is 10.5 Å². The minimum Gasteiger partial charge on any atom is -0.480 e. The maximum absolute atomic E-state index is 10.6. The normalized spacial score (nSPS) is 12.7. The zero-order valence-corrected chi connectivity index (χ0v) is 11.6. The molecule has 102 valence electrons. The van der Waals surface area contributed by atoms with E-state index in [2.05, 4.69) is 4.98 Å². The minimum absolute atomic E-state index is 0.479. The first kappa shape index (κ1) is 13.9. The molecule has 1 unspecified atom stereocenters. The number of rotatable bonds is 6. The monoisotopic (exact) mass is 279 g/mol. The lowest BCUT2D eigenvalue weighted by Crippen LogP contribution is -2.30. The number of hydrogen-bond donors (Lipinski definition) is 2. The molecule has 2 aromatic rings. The largest absolute Gasteiger partial charge is 0.480 e. The quantitative estimate of drug-likeness (QED) is 0.786. The number of carbonyl (C=O) groups is 1. The van der Waals surface area contributed by atoms with Crippen LogP contribution in [0.2, 0.25) is 0 Å². The summed E-state index contributed by atoms with van der Waals surface area (Å²) in [6, 6.07) is 3.26. The lowest BCUT2D eigenvalue weighted by Gasteiger charge is -2.04. The number of aryl methyl sites for hydroxylation is 1. The van der Waals surface area contributed by atoms with Crippen molar-refractivity contribution in [2.24, 2.45) is 5.73 Å². The topological polar surface area (TPSA) is 80.6 Å². The van der Waals surface area contributed by atoms with Crippen LogP contribution in [0.25, 0.3) is 5.65 Å². The maximum atomic E-state index is 10.6. The first-order chi connectivity index (χ1) is 9.06. The third-order valence-electron chi connectivity index (χ3n) is 2.79. The molecular formula is C13H17N3O2S. The average molecular weight is 279 g/mol. The molecule has 0 radical (unpaired) electrons. The summed E-state index contributed by atoms with van der Waals surface area (Å²) in [5.74, 6) is 0.553. The molecule has 0 spiro atoms. The number of pyridine rings is 1. The number of thioether (sulfide) groups is 1. The van der Waals surface area contributed by atoms with Gasteiger partial charge in [0.25, 0.3) is 0 Å². The van der Waals surface area contributed by atoms with Crippen LogP contribution in [0.4, 0.5) is 0 Å². The molecule has 0 aliphatic heterocycles. The molecule has 1 atom stereocenters. The van der Waals surface area contributed by atoms with E-state index in [1.807, 2.05) is 35.9 Å². The molecule has 0 fully saturated rings. The fraction of sp³-hybridized carbons (Fsp3) is 0.385.